The predicted octanol–water partition coefficient (Wildman–Crippen LogP) is 2.05. The van der Waals surface area contributed by atoms with Gasteiger partial charge in [-0.1, -0.05) is 6.07 Å². The molecule has 0 aromatic heterocycles. The van der Waals surface area contributed by atoms with Crippen molar-refractivity contribution in [3.8, 4) is 0 Å². The van der Waals surface area contributed by atoms with E-state index in [4.69, 9.17) is 0 Å². The molecule has 0 saturated carbocycles. The molecule has 0 amide bonds. The van der Waals surface area contributed by atoms with Gasteiger partial charge in [-0.25, -0.2) is 8.78 Å². The predicted molar refractivity (Wildman–Crippen MR) is 109 cm³/mol. The molecule has 0 bridgehead atoms. The van der Waals surface area contributed by atoms with E-state index < -0.39 is 11.6 Å². The lowest BCUT2D eigenvalue weighted by molar-refractivity contribution is 0.116. The van der Waals surface area contributed by atoms with E-state index in [-0.39, 0.29) is 30.0 Å². The molecule has 0 radical (unpaired) electrons. The second-order valence-corrected chi connectivity index (χ2v) is 6.38. The standard InChI is InChI=1S/C17H27F2N5.HI/c1-12(15-6-5-13(18)9-16(15)19)22-17(20-2)21-10-14-11-23(3)7-8-24(14)4;/h5-6,9,12,14H,7-8,10-11H2,1-4H3,(H2,20,21,22);1H. The molecule has 2 rings (SSSR count). The maximum atomic E-state index is 13.9. The van der Waals surface area contributed by atoms with Gasteiger partial charge in [-0.15, -0.1) is 24.0 Å². The molecule has 8 heteroatoms. The normalized spacial score (nSPS) is 20.7. The fourth-order valence-corrected chi connectivity index (χ4v) is 2.87. The number of rotatable bonds is 4. The second-order valence-electron chi connectivity index (χ2n) is 6.38. The summed E-state index contributed by atoms with van der Waals surface area (Å²) in [5, 5.41) is 6.45. The molecule has 25 heavy (non-hydrogen) atoms. The Morgan fingerprint density at radius 1 is 1.32 bits per heavy atom. The van der Waals surface area contributed by atoms with Gasteiger partial charge in [-0.2, -0.15) is 0 Å². The Labute approximate surface area is 165 Å². The smallest absolute Gasteiger partial charge is 0.191 e. The first kappa shape index (κ1) is 22.0. The van der Waals surface area contributed by atoms with E-state index in [0.717, 1.165) is 32.2 Å². The van der Waals surface area contributed by atoms with Crippen LogP contribution in [0.5, 0.6) is 0 Å². The molecule has 2 N–H and O–H groups in total. The molecule has 2 atom stereocenters. The highest BCUT2D eigenvalue weighted by atomic mass is 127. The summed E-state index contributed by atoms with van der Waals surface area (Å²) in [4.78, 5) is 8.82. The van der Waals surface area contributed by atoms with Crippen LogP contribution in [0.1, 0.15) is 18.5 Å². The first-order chi connectivity index (χ1) is 11.4. The van der Waals surface area contributed by atoms with Gasteiger partial charge in [0.2, 0.25) is 0 Å². The van der Waals surface area contributed by atoms with Crippen LogP contribution in [0.25, 0.3) is 0 Å². The van der Waals surface area contributed by atoms with E-state index in [1.165, 1.54) is 12.1 Å². The average molecular weight is 467 g/mol. The van der Waals surface area contributed by atoms with Gasteiger partial charge >= 0.3 is 0 Å². The zero-order valence-corrected chi connectivity index (χ0v) is 17.6. The van der Waals surface area contributed by atoms with Gasteiger partial charge in [-0.3, -0.25) is 9.89 Å². The van der Waals surface area contributed by atoms with Crippen molar-refractivity contribution in [2.24, 2.45) is 4.99 Å². The van der Waals surface area contributed by atoms with Crippen molar-refractivity contribution < 1.29 is 8.78 Å². The van der Waals surface area contributed by atoms with Gasteiger partial charge < -0.3 is 15.5 Å². The Morgan fingerprint density at radius 3 is 2.68 bits per heavy atom. The Morgan fingerprint density at radius 2 is 2.04 bits per heavy atom. The Balaban J connectivity index is 0.00000312. The fraction of sp³-hybridized carbons (Fsp3) is 0.588. The molecule has 0 aliphatic carbocycles. The van der Waals surface area contributed by atoms with Crippen molar-refractivity contribution in [2.75, 3.05) is 47.3 Å². The highest BCUT2D eigenvalue weighted by molar-refractivity contribution is 14.0. The van der Waals surface area contributed by atoms with E-state index >= 15 is 0 Å². The van der Waals surface area contributed by atoms with E-state index in [1.54, 1.807) is 7.05 Å². The summed E-state index contributed by atoms with van der Waals surface area (Å²) in [5.41, 5.74) is 0.411. The summed E-state index contributed by atoms with van der Waals surface area (Å²) < 4.78 is 26.9. The van der Waals surface area contributed by atoms with Crippen LogP contribution in [0.15, 0.2) is 23.2 Å². The largest absolute Gasteiger partial charge is 0.355 e. The number of nitrogens with zero attached hydrogens (tertiary/aromatic N) is 3. The van der Waals surface area contributed by atoms with Crippen molar-refractivity contribution in [3.63, 3.8) is 0 Å². The highest BCUT2D eigenvalue weighted by Crippen LogP contribution is 2.17. The summed E-state index contributed by atoms with van der Waals surface area (Å²) >= 11 is 0. The van der Waals surface area contributed by atoms with Crippen LogP contribution in [-0.2, 0) is 0 Å². The molecular formula is C17H28F2IN5. The molecule has 142 valence electrons. The number of aliphatic imine (C=N–C) groups is 1. The molecule has 1 fully saturated rings. The maximum absolute atomic E-state index is 13.9. The first-order valence-electron chi connectivity index (χ1n) is 8.21. The number of hydrogen-bond acceptors (Lipinski definition) is 3. The molecule has 2 unspecified atom stereocenters. The number of likely N-dealkylation sites (N-methyl/N-ethyl adjacent to an activating group) is 2. The SMILES string of the molecule is CN=C(NCC1CN(C)CCN1C)NC(C)c1ccc(F)cc1F.I. The molecule has 1 saturated heterocycles. The minimum absolute atomic E-state index is 0. The summed E-state index contributed by atoms with van der Waals surface area (Å²) in [7, 11) is 5.91. The monoisotopic (exact) mass is 467 g/mol. The summed E-state index contributed by atoms with van der Waals surface area (Å²) in [5.74, 6) is -0.526. The zero-order valence-electron chi connectivity index (χ0n) is 15.2. The Hall–Kier alpha value is -1.00. The molecule has 1 aromatic rings. The van der Waals surface area contributed by atoms with Crippen molar-refractivity contribution in [3.05, 3.63) is 35.4 Å². The van der Waals surface area contributed by atoms with E-state index in [1.807, 2.05) is 6.92 Å². The van der Waals surface area contributed by atoms with Crippen LogP contribution < -0.4 is 10.6 Å². The molecular weight excluding hydrogens is 439 g/mol. The zero-order chi connectivity index (χ0) is 17.7. The minimum Gasteiger partial charge on any atom is -0.355 e. The number of hydrogen-bond donors (Lipinski definition) is 2. The first-order valence-corrected chi connectivity index (χ1v) is 8.21. The molecule has 1 heterocycles. The summed E-state index contributed by atoms with van der Waals surface area (Å²) in [6.45, 7) is 5.67. The van der Waals surface area contributed by atoms with Crippen LogP contribution in [0.2, 0.25) is 0 Å². The second kappa shape index (κ2) is 10.2. The van der Waals surface area contributed by atoms with Gasteiger partial charge in [0.25, 0.3) is 0 Å². The number of halogens is 3. The Kier molecular flexibility index (Phi) is 9.01. The van der Waals surface area contributed by atoms with Crippen molar-refractivity contribution >= 4 is 29.9 Å². The average Bonchev–Trinajstić information content (AvgIpc) is 2.54. The molecule has 1 aliphatic heterocycles. The number of benzene rings is 1. The third-order valence-corrected chi connectivity index (χ3v) is 4.49. The van der Waals surface area contributed by atoms with Gasteiger partial charge in [-0.05, 0) is 27.1 Å². The van der Waals surface area contributed by atoms with Crippen LogP contribution in [0.4, 0.5) is 8.78 Å². The fourth-order valence-electron chi connectivity index (χ4n) is 2.87. The van der Waals surface area contributed by atoms with Crippen molar-refractivity contribution in [1.29, 1.82) is 0 Å². The molecule has 1 aliphatic rings. The van der Waals surface area contributed by atoms with Crippen LogP contribution in [-0.4, -0.2) is 69.1 Å². The molecule has 0 spiro atoms. The minimum atomic E-state index is -0.574. The molecule has 5 nitrogen and oxygen atoms in total. The van der Waals surface area contributed by atoms with Gasteiger partial charge in [0, 0.05) is 50.9 Å². The maximum Gasteiger partial charge on any atom is 0.191 e. The lowest BCUT2D eigenvalue weighted by Gasteiger charge is -2.38. The van der Waals surface area contributed by atoms with Crippen molar-refractivity contribution in [2.45, 2.75) is 19.0 Å². The van der Waals surface area contributed by atoms with Crippen molar-refractivity contribution in [1.82, 2.24) is 20.4 Å². The lowest BCUT2D eigenvalue weighted by Crippen LogP contribution is -2.55. The third kappa shape index (κ3) is 6.34. The van der Waals surface area contributed by atoms with Gasteiger partial charge in [0.05, 0.1) is 6.04 Å². The number of guanidine groups is 1. The van der Waals surface area contributed by atoms with E-state index in [9.17, 15) is 8.78 Å². The van der Waals surface area contributed by atoms with Crippen LogP contribution >= 0.6 is 24.0 Å². The van der Waals surface area contributed by atoms with Gasteiger partial charge in [0.1, 0.15) is 11.6 Å². The molecule has 1 aromatic carbocycles. The summed E-state index contributed by atoms with van der Waals surface area (Å²) in [6, 6.07) is 3.69. The lowest BCUT2D eigenvalue weighted by atomic mass is 10.1. The highest BCUT2D eigenvalue weighted by Gasteiger charge is 2.22. The van der Waals surface area contributed by atoms with E-state index in [0.29, 0.717) is 17.6 Å². The van der Waals surface area contributed by atoms with Crippen LogP contribution in [0.3, 0.4) is 0 Å². The topological polar surface area (TPSA) is 42.9 Å². The number of nitrogens with one attached hydrogen (secondary N) is 2. The third-order valence-electron chi connectivity index (χ3n) is 4.49. The quantitative estimate of drug-likeness (QED) is 0.405. The van der Waals surface area contributed by atoms with Gasteiger partial charge in [0.15, 0.2) is 5.96 Å². The van der Waals surface area contributed by atoms with E-state index in [2.05, 4.69) is 39.5 Å². The summed E-state index contributed by atoms with van der Waals surface area (Å²) in [6.07, 6.45) is 0. The van der Waals surface area contributed by atoms with Crippen LogP contribution in [0, 0.1) is 11.6 Å². The number of piperazine rings is 1. The Bertz CT molecular complexity index is 584.